The third kappa shape index (κ3) is 7.58. The van der Waals surface area contributed by atoms with Gasteiger partial charge >= 0.3 is 0 Å². The first-order valence-corrected chi connectivity index (χ1v) is 5.64. The molecule has 0 rings (SSSR count). The number of thioether (sulfide) groups is 1. The van der Waals surface area contributed by atoms with E-state index in [9.17, 15) is 0 Å². The summed E-state index contributed by atoms with van der Waals surface area (Å²) in [5, 5.41) is 0. The zero-order valence-corrected chi connectivity index (χ0v) is 10.5. The zero-order valence-electron chi connectivity index (χ0n) is 9.72. The smallest absolute Gasteiger partial charge is 0.110 e. The second-order valence-electron chi connectivity index (χ2n) is 3.34. The first-order valence-electron chi connectivity index (χ1n) is 4.76. The summed E-state index contributed by atoms with van der Waals surface area (Å²) >= 11 is 1.67. The molecule has 0 saturated heterocycles. The summed E-state index contributed by atoms with van der Waals surface area (Å²) in [5.41, 5.74) is 5.95. The van der Waals surface area contributed by atoms with Gasteiger partial charge in [-0.15, -0.1) is 0 Å². The average molecular weight is 222 g/mol. The van der Waals surface area contributed by atoms with Crippen LogP contribution in [0.4, 0.5) is 0 Å². The van der Waals surface area contributed by atoms with E-state index in [0.717, 1.165) is 6.54 Å². The first kappa shape index (κ1) is 14.2. The number of nitrogens with one attached hydrogen (secondary N) is 2. The Kier molecular flexibility index (Phi) is 7.58. The number of hydrogen-bond donors (Lipinski definition) is 2. The maximum Gasteiger partial charge on any atom is 0.110 e. The van der Waals surface area contributed by atoms with Gasteiger partial charge in [0.1, 0.15) is 10.4 Å². The molecule has 0 saturated carbocycles. The van der Waals surface area contributed by atoms with Gasteiger partial charge in [0.2, 0.25) is 0 Å². The van der Waals surface area contributed by atoms with Gasteiger partial charge in [-0.1, -0.05) is 11.8 Å². The van der Waals surface area contributed by atoms with Crippen LogP contribution in [0.25, 0.3) is 0 Å². The summed E-state index contributed by atoms with van der Waals surface area (Å²) in [7, 11) is 3.55. The van der Waals surface area contributed by atoms with Gasteiger partial charge in [0.15, 0.2) is 0 Å². The molecule has 0 spiro atoms. The lowest BCUT2D eigenvalue weighted by molar-refractivity contribution is 0.0882. The molecule has 2 N–H and O–H groups in total. The van der Waals surface area contributed by atoms with Crippen LogP contribution in [0.2, 0.25) is 0 Å². The van der Waals surface area contributed by atoms with Crippen molar-refractivity contribution in [1.82, 2.24) is 10.9 Å². The van der Waals surface area contributed by atoms with Crippen LogP contribution in [0, 0.1) is 0 Å². The summed E-state index contributed by atoms with van der Waals surface area (Å²) in [4.78, 5) is -0.185. The van der Waals surface area contributed by atoms with Crippen LogP contribution in [-0.4, -0.2) is 37.7 Å². The van der Waals surface area contributed by atoms with Crippen molar-refractivity contribution < 1.29 is 9.47 Å². The molecule has 0 aromatic carbocycles. The van der Waals surface area contributed by atoms with E-state index in [1.54, 1.807) is 18.9 Å². The largest absolute Gasteiger partial charge is 0.368 e. The summed E-state index contributed by atoms with van der Waals surface area (Å²) in [6.45, 7) is 7.58. The van der Waals surface area contributed by atoms with Crippen LogP contribution in [0.3, 0.4) is 0 Å². The normalized spacial score (nSPS) is 14.4. The van der Waals surface area contributed by atoms with E-state index in [4.69, 9.17) is 9.47 Å². The molecule has 86 valence electrons. The number of hydrogen-bond acceptors (Lipinski definition) is 5. The number of rotatable bonds is 8. The minimum absolute atomic E-state index is 0.142. The van der Waals surface area contributed by atoms with Crippen LogP contribution in [-0.2, 0) is 9.47 Å². The van der Waals surface area contributed by atoms with Crippen molar-refractivity contribution in [3.63, 3.8) is 0 Å². The molecule has 0 aliphatic heterocycles. The third-order valence-corrected chi connectivity index (χ3v) is 2.90. The van der Waals surface area contributed by atoms with Gasteiger partial charge in [-0.3, -0.25) is 10.9 Å². The lowest BCUT2D eigenvalue weighted by atomic mass is 10.5. The number of ether oxygens (including phenoxy) is 2. The Hall–Kier alpha value is 0.190. The Bertz CT molecular complexity index is 145. The van der Waals surface area contributed by atoms with Gasteiger partial charge in [0.05, 0.1) is 6.61 Å². The first-order chi connectivity index (χ1) is 6.52. The summed E-state index contributed by atoms with van der Waals surface area (Å²) < 4.78 is 10.9. The van der Waals surface area contributed by atoms with Gasteiger partial charge in [0, 0.05) is 13.7 Å². The van der Waals surface area contributed by atoms with E-state index < -0.39 is 0 Å². The standard InChI is InChI=1S/C9H22N2O2S/c1-8(13-7-6-11-10-4)14-9(2,3)12-5/h8,10-11H,6-7H2,1-5H3. The molecule has 0 aliphatic carbocycles. The van der Waals surface area contributed by atoms with E-state index in [2.05, 4.69) is 10.9 Å². The molecular formula is C9H22N2O2S. The van der Waals surface area contributed by atoms with Gasteiger partial charge < -0.3 is 9.47 Å². The van der Waals surface area contributed by atoms with Crippen molar-refractivity contribution in [2.45, 2.75) is 31.1 Å². The quantitative estimate of drug-likeness (QED) is 0.367. The maximum absolute atomic E-state index is 5.56. The van der Waals surface area contributed by atoms with Gasteiger partial charge in [-0.05, 0) is 27.8 Å². The molecule has 4 nitrogen and oxygen atoms in total. The number of hydrazine groups is 1. The van der Waals surface area contributed by atoms with Crippen molar-refractivity contribution in [3.05, 3.63) is 0 Å². The monoisotopic (exact) mass is 222 g/mol. The van der Waals surface area contributed by atoms with Crippen molar-refractivity contribution in [3.8, 4) is 0 Å². The van der Waals surface area contributed by atoms with E-state index >= 15 is 0 Å². The van der Waals surface area contributed by atoms with E-state index in [-0.39, 0.29) is 10.4 Å². The predicted octanol–water partition coefficient (Wildman–Crippen LogP) is 1.19. The van der Waals surface area contributed by atoms with E-state index in [0.29, 0.717) is 6.61 Å². The van der Waals surface area contributed by atoms with E-state index in [1.807, 2.05) is 27.8 Å². The molecule has 14 heavy (non-hydrogen) atoms. The summed E-state index contributed by atoms with van der Waals surface area (Å²) in [6, 6.07) is 0. The highest BCUT2D eigenvalue weighted by Crippen LogP contribution is 2.29. The minimum atomic E-state index is -0.185. The third-order valence-electron chi connectivity index (χ3n) is 1.70. The van der Waals surface area contributed by atoms with Gasteiger partial charge in [-0.2, -0.15) is 0 Å². The highest BCUT2D eigenvalue weighted by atomic mass is 32.2. The van der Waals surface area contributed by atoms with Crippen LogP contribution < -0.4 is 10.9 Å². The molecule has 0 aromatic heterocycles. The van der Waals surface area contributed by atoms with Gasteiger partial charge in [0.25, 0.3) is 0 Å². The fourth-order valence-corrected chi connectivity index (χ4v) is 1.94. The summed E-state index contributed by atoms with van der Waals surface area (Å²) in [6.07, 6.45) is 0. The molecule has 0 bridgehead atoms. The van der Waals surface area contributed by atoms with Gasteiger partial charge in [-0.25, -0.2) is 0 Å². The highest BCUT2D eigenvalue weighted by Gasteiger charge is 2.20. The molecule has 1 atom stereocenters. The fourth-order valence-electron chi connectivity index (χ4n) is 0.883. The topological polar surface area (TPSA) is 42.5 Å². The van der Waals surface area contributed by atoms with Crippen molar-refractivity contribution in [1.29, 1.82) is 0 Å². The van der Waals surface area contributed by atoms with Crippen LogP contribution >= 0.6 is 11.8 Å². The fraction of sp³-hybridized carbons (Fsp3) is 1.00. The van der Waals surface area contributed by atoms with Crippen molar-refractivity contribution in [2.75, 3.05) is 27.3 Å². The van der Waals surface area contributed by atoms with Crippen molar-refractivity contribution >= 4 is 11.8 Å². The Balaban J connectivity index is 3.49. The molecule has 0 heterocycles. The maximum atomic E-state index is 5.56. The molecule has 0 radical (unpaired) electrons. The molecule has 0 amide bonds. The Morgan fingerprint density at radius 2 is 2.07 bits per heavy atom. The minimum Gasteiger partial charge on any atom is -0.368 e. The Morgan fingerprint density at radius 3 is 2.57 bits per heavy atom. The molecule has 1 unspecified atom stereocenters. The second kappa shape index (κ2) is 7.48. The Morgan fingerprint density at radius 1 is 1.43 bits per heavy atom. The Labute approximate surface area is 91.1 Å². The molecule has 0 aliphatic rings. The van der Waals surface area contributed by atoms with Crippen LogP contribution in [0.1, 0.15) is 20.8 Å². The zero-order chi connectivity index (χ0) is 11.0. The highest BCUT2D eigenvalue weighted by molar-refractivity contribution is 8.00. The molecular weight excluding hydrogens is 200 g/mol. The van der Waals surface area contributed by atoms with Crippen LogP contribution in [0.15, 0.2) is 0 Å². The van der Waals surface area contributed by atoms with Crippen molar-refractivity contribution in [2.24, 2.45) is 0 Å². The van der Waals surface area contributed by atoms with Crippen LogP contribution in [0.5, 0.6) is 0 Å². The second-order valence-corrected chi connectivity index (χ2v) is 5.22. The summed E-state index contributed by atoms with van der Waals surface area (Å²) in [5.74, 6) is 0. The predicted molar refractivity (Wildman–Crippen MR) is 61.2 cm³/mol. The lowest BCUT2D eigenvalue weighted by Gasteiger charge is -2.26. The molecule has 5 heteroatoms. The number of methoxy groups -OCH3 is 1. The molecule has 0 fully saturated rings. The SMILES string of the molecule is CNNCCOC(C)SC(C)(C)OC. The lowest BCUT2D eigenvalue weighted by Crippen LogP contribution is -2.32. The average Bonchev–Trinajstić information content (AvgIpc) is 2.12. The van der Waals surface area contributed by atoms with E-state index in [1.165, 1.54) is 0 Å². The molecule has 0 aromatic rings.